The van der Waals surface area contributed by atoms with Gasteiger partial charge >= 0.3 is 0 Å². The highest BCUT2D eigenvalue weighted by molar-refractivity contribution is 5.99. The molecule has 1 aliphatic heterocycles. The van der Waals surface area contributed by atoms with Crippen LogP contribution in [0.25, 0.3) is 0 Å². The highest BCUT2D eigenvalue weighted by Gasteiger charge is 2.30. The smallest absolute Gasteiger partial charge is 0.282 e. The number of nitro benzene ring substituents is 1. The van der Waals surface area contributed by atoms with Crippen LogP contribution in [0.2, 0.25) is 0 Å². The number of rotatable bonds is 2. The molecule has 1 atom stereocenters. The largest absolute Gasteiger partial charge is 0.399 e. The number of carbonyl (C=O) groups is 1. The summed E-state index contributed by atoms with van der Waals surface area (Å²) in [5.41, 5.74) is 5.86. The van der Waals surface area contributed by atoms with Crippen molar-refractivity contribution in [1.29, 1.82) is 0 Å². The van der Waals surface area contributed by atoms with Gasteiger partial charge in [0.15, 0.2) is 0 Å². The van der Waals surface area contributed by atoms with Gasteiger partial charge in [0, 0.05) is 37.4 Å². The minimum atomic E-state index is -0.548. The molecule has 1 aliphatic rings. The first-order valence-electron chi connectivity index (χ1n) is 6.43. The Kier molecular flexibility index (Phi) is 3.89. The highest BCUT2D eigenvalue weighted by atomic mass is 16.6. The molecule has 7 nitrogen and oxygen atoms in total. The molecule has 20 heavy (non-hydrogen) atoms. The Balaban J connectivity index is 2.33. The first-order chi connectivity index (χ1) is 9.40. The van der Waals surface area contributed by atoms with Crippen molar-refractivity contribution in [1.82, 2.24) is 9.80 Å². The van der Waals surface area contributed by atoms with Crippen LogP contribution in [0.15, 0.2) is 18.2 Å². The maximum atomic E-state index is 12.5. The zero-order valence-electron chi connectivity index (χ0n) is 11.6. The highest BCUT2D eigenvalue weighted by Crippen LogP contribution is 2.24. The molecule has 1 aromatic rings. The zero-order valence-corrected chi connectivity index (χ0v) is 11.6. The van der Waals surface area contributed by atoms with Crippen LogP contribution in [0.1, 0.15) is 17.3 Å². The van der Waals surface area contributed by atoms with E-state index in [1.54, 1.807) is 4.90 Å². The van der Waals surface area contributed by atoms with E-state index >= 15 is 0 Å². The van der Waals surface area contributed by atoms with E-state index in [-0.39, 0.29) is 23.2 Å². The average molecular weight is 278 g/mol. The van der Waals surface area contributed by atoms with E-state index in [2.05, 4.69) is 4.90 Å². The first-order valence-corrected chi connectivity index (χ1v) is 6.43. The van der Waals surface area contributed by atoms with Crippen molar-refractivity contribution in [2.24, 2.45) is 0 Å². The molecular formula is C13H18N4O3. The van der Waals surface area contributed by atoms with E-state index < -0.39 is 4.92 Å². The number of benzene rings is 1. The summed E-state index contributed by atoms with van der Waals surface area (Å²) in [6.07, 6.45) is 0. The van der Waals surface area contributed by atoms with Crippen LogP contribution >= 0.6 is 0 Å². The van der Waals surface area contributed by atoms with E-state index in [1.807, 2.05) is 14.0 Å². The van der Waals surface area contributed by atoms with E-state index in [0.29, 0.717) is 12.2 Å². The molecule has 0 aliphatic carbocycles. The molecule has 0 aromatic heterocycles. The second kappa shape index (κ2) is 5.46. The lowest BCUT2D eigenvalue weighted by Crippen LogP contribution is -2.52. The molecule has 1 aromatic carbocycles. The van der Waals surface area contributed by atoms with Crippen LogP contribution in [-0.4, -0.2) is 53.4 Å². The minimum absolute atomic E-state index is 0.0160. The third kappa shape index (κ3) is 2.72. The lowest BCUT2D eigenvalue weighted by Gasteiger charge is -2.38. The van der Waals surface area contributed by atoms with Crippen LogP contribution < -0.4 is 5.73 Å². The van der Waals surface area contributed by atoms with Crippen LogP contribution in [0.5, 0.6) is 0 Å². The predicted octanol–water partition coefficient (Wildman–Crippen LogP) is 0.953. The molecule has 2 N–H and O–H groups in total. The standard InChI is InChI=1S/C13H18N4O3/c1-9-8-15(2)5-6-16(9)13(18)11-7-10(14)3-4-12(11)17(19)20/h3-4,7,9H,5-6,8,14H2,1-2H3. The summed E-state index contributed by atoms with van der Waals surface area (Å²) < 4.78 is 0. The van der Waals surface area contributed by atoms with Crippen molar-refractivity contribution >= 4 is 17.3 Å². The minimum Gasteiger partial charge on any atom is -0.399 e. The van der Waals surface area contributed by atoms with Crippen molar-refractivity contribution in [2.45, 2.75) is 13.0 Å². The predicted molar refractivity (Wildman–Crippen MR) is 75.5 cm³/mol. The Morgan fingerprint density at radius 3 is 2.75 bits per heavy atom. The van der Waals surface area contributed by atoms with Gasteiger partial charge in [-0.15, -0.1) is 0 Å². The molecule has 1 saturated heterocycles. The topological polar surface area (TPSA) is 92.7 Å². The quantitative estimate of drug-likeness (QED) is 0.494. The van der Waals surface area contributed by atoms with Gasteiger partial charge in [0.1, 0.15) is 5.56 Å². The zero-order chi connectivity index (χ0) is 14.9. The van der Waals surface area contributed by atoms with Gasteiger partial charge < -0.3 is 15.5 Å². The summed E-state index contributed by atoms with van der Waals surface area (Å²) in [6, 6.07) is 4.11. The van der Waals surface area contributed by atoms with Gasteiger partial charge in [-0.2, -0.15) is 0 Å². The van der Waals surface area contributed by atoms with E-state index in [1.165, 1.54) is 18.2 Å². The average Bonchev–Trinajstić information content (AvgIpc) is 2.37. The van der Waals surface area contributed by atoms with Crippen molar-refractivity contribution in [2.75, 3.05) is 32.4 Å². The molecule has 108 valence electrons. The SMILES string of the molecule is CC1CN(C)CCN1C(=O)c1cc(N)ccc1[N+](=O)[O-]. The number of nitrogens with two attached hydrogens (primary N) is 1. The molecule has 0 saturated carbocycles. The van der Waals surface area contributed by atoms with E-state index in [0.717, 1.165) is 13.1 Å². The Morgan fingerprint density at radius 1 is 1.45 bits per heavy atom. The summed E-state index contributed by atoms with van der Waals surface area (Å²) in [6.45, 7) is 4.00. The number of carbonyl (C=O) groups excluding carboxylic acids is 1. The lowest BCUT2D eigenvalue weighted by molar-refractivity contribution is -0.385. The maximum absolute atomic E-state index is 12.5. The molecule has 1 fully saturated rings. The third-order valence-corrected chi connectivity index (χ3v) is 3.54. The van der Waals surface area contributed by atoms with Crippen molar-refractivity contribution in [3.63, 3.8) is 0 Å². The number of amides is 1. The monoisotopic (exact) mass is 278 g/mol. The molecule has 1 amide bonds. The number of likely N-dealkylation sites (N-methyl/N-ethyl adjacent to an activating group) is 1. The Labute approximate surface area is 117 Å². The molecule has 0 spiro atoms. The second-order valence-corrected chi connectivity index (χ2v) is 5.14. The van der Waals surface area contributed by atoms with Gasteiger partial charge in [-0.1, -0.05) is 0 Å². The van der Waals surface area contributed by atoms with Crippen LogP contribution in [0.3, 0.4) is 0 Å². The molecule has 7 heteroatoms. The Morgan fingerprint density at radius 2 is 2.15 bits per heavy atom. The first kappa shape index (κ1) is 14.3. The summed E-state index contributed by atoms with van der Waals surface area (Å²) in [5.74, 6) is -0.329. The number of hydrogen-bond acceptors (Lipinski definition) is 5. The van der Waals surface area contributed by atoms with Crippen molar-refractivity contribution < 1.29 is 9.72 Å². The fraction of sp³-hybridized carbons (Fsp3) is 0.462. The Hall–Kier alpha value is -2.15. The molecule has 1 heterocycles. The fourth-order valence-electron chi connectivity index (χ4n) is 2.48. The number of piperazine rings is 1. The number of nitrogen functional groups attached to an aromatic ring is 1. The van der Waals surface area contributed by atoms with Gasteiger partial charge in [-0.3, -0.25) is 14.9 Å². The van der Waals surface area contributed by atoms with Crippen LogP contribution in [0.4, 0.5) is 11.4 Å². The molecule has 1 unspecified atom stereocenters. The molecule has 2 rings (SSSR count). The molecule has 0 radical (unpaired) electrons. The number of hydrogen-bond donors (Lipinski definition) is 1. The molecular weight excluding hydrogens is 260 g/mol. The second-order valence-electron chi connectivity index (χ2n) is 5.14. The van der Waals surface area contributed by atoms with E-state index in [4.69, 9.17) is 5.73 Å². The summed E-state index contributed by atoms with van der Waals surface area (Å²) in [4.78, 5) is 26.8. The van der Waals surface area contributed by atoms with Crippen molar-refractivity contribution in [3.8, 4) is 0 Å². The van der Waals surface area contributed by atoms with Gasteiger partial charge in [0.25, 0.3) is 11.6 Å². The van der Waals surface area contributed by atoms with Crippen molar-refractivity contribution in [3.05, 3.63) is 33.9 Å². The molecule has 0 bridgehead atoms. The normalized spacial score (nSPS) is 19.9. The third-order valence-electron chi connectivity index (χ3n) is 3.54. The number of anilines is 1. The van der Waals surface area contributed by atoms with Gasteiger partial charge in [-0.05, 0) is 26.1 Å². The summed E-state index contributed by atoms with van der Waals surface area (Å²) in [5, 5.41) is 11.0. The maximum Gasteiger partial charge on any atom is 0.282 e. The van der Waals surface area contributed by atoms with Crippen LogP contribution in [0, 0.1) is 10.1 Å². The summed E-state index contributed by atoms with van der Waals surface area (Å²) in [7, 11) is 1.99. The van der Waals surface area contributed by atoms with E-state index in [9.17, 15) is 14.9 Å². The lowest BCUT2D eigenvalue weighted by atomic mass is 10.1. The summed E-state index contributed by atoms with van der Waals surface area (Å²) >= 11 is 0. The Bertz CT molecular complexity index is 546. The van der Waals surface area contributed by atoms with Gasteiger partial charge in [-0.25, -0.2) is 0 Å². The van der Waals surface area contributed by atoms with Crippen LogP contribution in [-0.2, 0) is 0 Å². The number of nitro groups is 1. The van der Waals surface area contributed by atoms with Gasteiger partial charge in [0.05, 0.1) is 4.92 Å². The number of nitrogens with zero attached hydrogens (tertiary/aromatic N) is 3. The fourth-order valence-corrected chi connectivity index (χ4v) is 2.48. The van der Waals surface area contributed by atoms with Gasteiger partial charge in [0.2, 0.25) is 0 Å².